The Morgan fingerprint density at radius 2 is 1.04 bits per heavy atom. The van der Waals surface area contributed by atoms with Gasteiger partial charge in [0.25, 0.3) is 5.91 Å². The molecule has 0 aliphatic carbocycles. The lowest BCUT2D eigenvalue weighted by Crippen LogP contribution is -2.18. The molecule has 4 aromatic carbocycles. The number of amides is 1. The SMILES string of the molecule is CNC(=O)c1ccc(-c2cnc3c(NCCC(F)(F)F)cc(Oc4cccc(F)c4F)cn23)cc1C.Cc1cc(-c2cnc3c(NCCC(F)(F)F)cc(Oc4cccc(F)c4F)cn23)ccc1C(=O)O. The smallest absolute Gasteiger partial charge is 0.390 e. The van der Waals surface area contributed by atoms with E-state index in [-0.39, 0.29) is 45.7 Å². The monoisotopic (exact) mass is 995 g/mol. The maximum absolute atomic E-state index is 14.2. The number of anilines is 2. The first-order valence-corrected chi connectivity index (χ1v) is 21.2. The highest BCUT2D eigenvalue weighted by atomic mass is 19.4. The van der Waals surface area contributed by atoms with Crippen LogP contribution in [0.2, 0.25) is 0 Å². The Balaban J connectivity index is 0.000000209. The van der Waals surface area contributed by atoms with Gasteiger partial charge in [-0.15, -0.1) is 0 Å². The van der Waals surface area contributed by atoms with Crippen molar-refractivity contribution < 1.29 is 68.1 Å². The number of carboxylic acid groups (broad SMARTS) is 1. The molecule has 22 heteroatoms. The van der Waals surface area contributed by atoms with E-state index in [0.717, 1.165) is 12.1 Å². The summed E-state index contributed by atoms with van der Waals surface area (Å²) < 4.78 is 146. The predicted octanol–water partition coefficient (Wildman–Crippen LogP) is 12.5. The number of carbonyl (C=O) groups is 2. The maximum atomic E-state index is 14.2. The van der Waals surface area contributed by atoms with Gasteiger partial charge in [-0.25, -0.2) is 23.5 Å². The number of nitrogens with one attached hydrogen (secondary N) is 3. The number of aryl methyl sites for hydroxylation is 2. The minimum Gasteiger partial charge on any atom is -0.478 e. The minimum absolute atomic E-state index is 0.00892. The van der Waals surface area contributed by atoms with Gasteiger partial charge < -0.3 is 30.5 Å². The van der Waals surface area contributed by atoms with Gasteiger partial charge >= 0.3 is 18.3 Å². The number of carboxylic acids is 1. The van der Waals surface area contributed by atoms with Gasteiger partial charge in [0, 0.05) is 49.0 Å². The van der Waals surface area contributed by atoms with E-state index in [1.807, 2.05) is 0 Å². The van der Waals surface area contributed by atoms with Crippen molar-refractivity contribution in [3.8, 4) is 45.5 Å². The Kier molecular flexibility index (Phi) is 14.8. The summed E-state index contributed by atoms with van der Waals surface area (Å²) in [5, 5.41) is 17.2. The van der Waals surface area contributed by atoms with E-state index in [4.69, 9.17) is 9.47 Å². The van der Waals surface area contributed by atoms with Crippen LogP contribution in [-0.4, -0.2) is 68.2 Å². The highest BCUT2D eigenvalue weighted by Crippen LogP contribution is 2.36. The molecule has 0 fully saturated rings. The van der Waals surface area contributed by atoms with Gasteiger partial charge in [-0.2, -0.15) is 35.1 Å². The molecule has 4 heterocycles. The Hall–Kier alpha value is -8.30. The lowest BCUT2D eigenvalue weighted by Gasteiger charge is -2.14. The summed E-state index contributed by atoms with van der Waals surface area (Å²) in [5.41, 5.74) is 4.98. The molecule has 4 aromatic heterocycles. The summed E-state index contributed by atoms with van der Waals surface area (Å²) in [6, 6.07) is 19.3. The van der Waals surface area contributed by atoms with E-state index < -0.39 is 73.3 Å². The second-order valence-corrected chi connectivity index (χ2v) is 15.7. The van der Waals surface area contributed by atoms with E-state index in [1.165, 1.54) is 78.7 Å². The van der Waals surface area contributed by atoms with E-state index >= 15 is 0 Å². The van der Waals surface area contributed by atoms with Gasteiger partial charge in [0.15, 0.2) is 34.4 Å². The number of aromatic nitrogens is 4. The van der Waals surface area contributed by atoms with E-state index in [9.17, 15) is 58.6 Å². The number of imidazole rings is 2. The molecule has 0 spiro atoms. The normalized spacial score (nSPS) is 11.6. The fourth-order valence-corrected chi connectivity index (χ4v) is 7.26. The molecule has 0 radical (unpaired) electrons. The summed E-state index contributed by atoms with van der Waals surface area (Å²) in [7, 11) is 1.52. The lowest BCUT2D eigenvalue weighted by molar-refractivity contribution is -0.132. The third-order valence-electron chi connectivity index (χ3n) is 10.6. The Bertz CT molecular complexity index is 3280. The molecule has 4 N–H and O–H groups in total. The van der Waals surface area contributed by atoms with E-state index in [1.54, 1.807) is 48.6 Å². The molecule has 1 amide bonds. The zero-order valence-electron chi connectivity index (χ0n) is 37.4. The number of halogens is 10. The quantitative estimate of drug-likeness (QED) is 0.0783. The van der Waals surface area contributed by atoms with Crippen LogP contribution in [0.5, 0.6) is 23.0 Å². The molecular formula is C49H39F10N7O5. The van der Waals surface area contributed by atoms with Crippen molar-refractivity contribution in [2.75, 3.05) is 30.8 Å². The largest absolute Gasteiger partial charge is 0.478 e. The molecule has 71 heavy (non-hydrogen) atoms. The molecule has 0 saturated heterocycles. The fourth-order valence-electron chi connectivity index (χ4n) is 7.26. The maximum Gasteiger partial charge on any atom is 0.390 e. The third kappa shape index (κ3) is 11.9. The highest BCUT2D eigenvalue weighted by Gasteiger charge is 2.28. The number of aromatic carboxylic acids is 1. The van der Waals surface area contributed by atoms with Gasteiger partial charge in [-0.1, -0.05) is 24.3 Å². The van der Waals surface area contributed by atoms with Crippen molar-refractivity contribution in [2.45, 2.75) is 39.0 Å². The summed E-state index contributed by atoms with van der Waals surface area (Å²) in [6.07, 6.45) is -5.06. The molecule has 0 unspecified atom stereocenters. The van der Waals surface area contributed by atoms with Crippen LogP contribution in [0, 0.1) is 37.1 Å². The van der Waals surface area contributed by atoms with Crippen LogP contribution in [0.4, 0.5) is 55.3 Å². The summed E-state index contributed by atoms with van der Waals surface area (Å²) in [4.78, 5) is 32.0. The molecule has 370 valence electrons. The van der Waals surface area contributed by atoms with Crippen molar-refractivity contribution >= 4 is 34.5 Å². The van der Waals surface area contributed by atoms with Gasteiger partial charge in [0.2, 0.25) is 11.6 Å². The van der Waals surface area contributed by atoms with Crippen LogP contribution < -0.4 is 25.4 Å². The molecule has 0 aliphatic rings. The number of pyridine rings is 2. The molecule has 8 aromatic rings. The number of nitrogens with zero attached hydrogens (tertiary/aromatic N) is 4. The van der Waals surface area contributed by atoms with Crippen molar-refractivity contribution in [3.63, 3.8) is 0 Å². The molecule has 0 saturated carbocycles. The number of hydrogen-bond acceptors (Lipinski definition) is 8. The first-order valence-electron chi connectivity index (χ1n) is 21.2. The van der Waals surface area contributed by atoms with Crippen LogP contribution in [0.15, 0.2) is 110 Å². The van der Waals surface area contributed by atoms with Crippen LogP contribution in [0.3, 0.4) is 0 Å². The first-order chi connectivity index (χ1) is 33.6. The fraction of sp³-hybridized carbons (Fsp3) is 0.184. The second-order valence-electron chi connectivity index (χ2n) is 15.7. The first kappa shape index (κ1) is 50.6. The molecule has 8 rings (SSSR count). The predicted molar refractivity (Wildman–Crippen MR) is 242 cm³/mol. The average molecular weight is 996 g/mol. The van der Waals surface area contributed by atoms with Crippen molar-refractivity contribution in [1.29, 1.82) is 0 Å². The zero-order chi connectivity index (χ0) is 51.4. The number of alkyl halides is 6. The number of hydrogen-bond donors (Lipinski definition) is 4. The van der Waals surface area contributed by atoms with Crippen molar-refractivity contribution in [3.05, 3.63) is 155 Å². The Morgan fingerprint density at radius 3 is 1.42 bits per heavy atom. The van der Waals surface area contributed by atoms with Crippen LogP contribution in [0.1, 0.15) is 44.7 Å². The minimum atomic E-state index is -4.38. The number of carbonyl (C=O) groups excluding carboxylic acids is 1. The number of fused-ring (bicyclic) bond motifs is 2. The van der Waals surface area contributed by atoms with E-state index in [2.05, 4.69) is 25.9 Å². The molecule has 0 aliphatic heterocycles. The summed E-state index contributed by atoms with van der Waals surface area (Å²) >= 11 is 0. The van der Waals surface area contributed by atoms with E-state index in [0.29, 0.717) is 44.9 Å². The zero-order valence-corrected chi connectivity index (χ0v) is 37.4. The third-order valence-corrected chi connectivity index (χ3v) is 10.6. The second kappa shape index (κ2) is 20.7. The lowest BCUT2D eigenvalue weighted by atomic mass is 10.0. The van der Waals surface area contributed by atoms with Crippen LogP contribution in [0.25, 0.3) is 33.8 Å². The summed E-state index contributed by atoms with van der Waals surface area (Å²) in [5.74, 6) is -6.72. The van der Waals surface area contributed by atoms with Crippen molar-refractivity contribution in [2.24, 2.45) is 0 Å². The Morgan fingerprint density at radius 1 is 0.620 bits per heavy atom. The number of rotatable bonds is 14. The molecular weight excluding hydrogens is 957 g/mol. The van der Waals surface area contributed by atoms with Gasteiger partial charge in [0.1, 0.15) is 11.5 Å². The van der Waals surface area contributed by atoms with Crippen LogP contribution in [-0.2, 0) is 0 Å². The molecule has 12 nitrogen and oxygen atoms in total. The molecule has 0 atom stereocenters. The highest BCUT2D eigenvalue weighted by molar-refractivity contribution is 5.96. The van der Waals surface area contributed by atoms with Crippen molar-refractivity contribution in [1.82, 2.24) is 24.1 Å². The summed E-state index contributed by atoms with van der Waals surface area (Å²) in [6.45, 7) is 2.51. The number of ether oxygens (including phenoxy) is 2. The Labute approximate surface area is 396 Å². The van der Waals surface area contributed by atoms with Crippen LogP contribution >= 0.6 is 0 Å². The average Bonchev–Trinajstić information content (AvgIpc) is 3.94. The molecule has 0 bridgehead atoms. The van der Waals surface area contributed by atoms with Gasteiger partial charge in [-0.05, 0) is 73.5 Å². The van der Waals surface area contributed by atoms with Gasteiger partial charge in [0.05, 0.1) is 66.0 Å². The standard InChI is InChI=1S/C25H21F5N4O2.C24H18F5N3O3/c1-14-10-15(6-7-17(14)24(35)31-2)20-12-33-23-19(32-9-8-25(28,29)30)11-16(13-34(20)23)36-21-5-3-4-18(26)22(21)27;1-13-9-14(5-6-16(13)23(33)34)19-11-31-22-18(30-8-7-24(27,28)29)10-15(12-32(19)22)35-20-4-2-3-17(25)21(20)26/h3-7,10-13,32H,8-9H2,1-2H3,(H,31,35);2-6,9-12,30H,7-8H2,1H3,(H,33,34). The number of benzene rings is 4. The van der Waals surface area contributed by atoms with Gasteiger partial charge in [-0.3, -0.25) is 13.6 Å². The topological polar surface area (TPSA) is 144 Å².